The normalized spacial score (nSPS) is 13.0. The van der Waals surface area contributed by atoms with Gasteiger partial charge in [0.2, 0.25) is 16.8 Å². The summed E-state index contributed by atoms with van der Waals surface area (Å²) in [4.78, 5) is 12.5. The van der Waals surface area contributed by atoms with Gasteiger partial charge in [-0.1, -0.05) is 31.5 Å². The van der Waals surface area contributed by atoms with Gasteiger partial charge < -0.3 is 14.2 Å². The molecular weight excluding hydrogens is 406 g/mol. The predicted octanol–water partition coefficient (Wildman–Crippen LogP) is 3.46. The minimum atomic E-state index is -3.66. The van der Waals surface area contributed by atoms with E-state index < -0.39 is 16.0 Å². The first-order valence-corrected chi connectivity index (χ1v) is 10.5. The van der Waals surface area contributed by atoms with Crippen LogP contribution in [0.3, 0.4) is 0 Å². The Morgan fingerprint density at radius 3 is 2.64 bits per heavy atom. The number of esters is 1. The van der Waals surface area contributed by atoms with Crippen molar-refractivity contribution in [3.05, 3.63) is 52.5 Å². The second-order valence-electron chi connectivity index (χ2n) is 6.00. The van der Waals surface area contributed by atoms with E-state index in [4.69, 9.17) is 25.8 Å². The molecule has 1 aliphatic heterocycles. The van der Waals surface area contributed by atoms with Gasteiger partial charge in [0.1, 0.15) is 6.61 Å². The van der Waals surface area contributed by atoms with Gasteiger partial charge in [-0.3, -0.25) is 0 Å². The molecule has 0 N–H and O–H groups in total. The Bertz CT molecular complexity index is 988. The van der Waals surface area contributed by atoms with Crippen LogP contribution < -0.4 is 9.47 Å². The number of rotatable bonds is 7. The quantitative estimate of drug-likeness (QED) is 0.632. The average molecular weight is 426 g/mol. The van der Waals surface area contributed by atoms with Crippen molar-refractivity contribution in [3.63, 3.8) is 0 Å². The van der Waals surface area contributed by atoms with Gasteiger partial charge in [0.05, 0.1) is 15.5 Å². The number of fused-ring (bicyclic) bond motifs is 1. The topological polar surface area (TPSA) is 82.1 Å². The monoisotopic (exact) mass is 425 g/mol. The van der Waals surface area contributed by atoms with E-state index in [-0.39, 0.29) is 23.9 Å². The number of carbonyl (C=O) groups excluding carboxylic acids is 1. The molecule has 0 atom stereocenters. The lowest BCUT2D eigenvalue weighted by Gasteiger charge is -2.18. The Hall–Kier alpha value is -2.29. The standard InChI is InChI=1S/C19H20ClNO6S/c1-3-21(4-2)28(23,24)15-7-5-6-14(10-15)19(22)25-11-13-8-16(20)18-17(9-13)26-12-27-18/h5-10H,3-4,11-12H2,1-2H3. The highest BCUT2D eigenvalue weighted by Gasteiger charge is 2.23. The predicted molar refractivity (Wildman–Crippen MR) is 103 cm³/mol. The number of ether oxygens (including phenoxy) is 3. The summed E-state index contributed by atoms with van der Waals surface area (Å²) in [5.41, 5.74) is 0.787. The lowest BCUT2D eigenvalue weighted by Crippen LogP contribution is -2.30. The summed E-state index contributed by atoms with van der Waals surface area (Å²) in [5.74, 6) is 0.322. The molecule has 0 radical (unpaired) electrons. The minimum Gasteiger partial charge on any atom is -0.457 e. The average Bonchev–Trinajstić information content (AvgIpc) is 3.16. The summed E-state index contributed by atoms with van der Waals surface area (Å²) in [6, 6.07) is 9.12. The van der Waals surface area contributed by atoms with Crippen molar-refractivity contribution >= 4 is 27.6 Å². The van der Waals surface area contributed by atoms with Crippen LogP contribution in [0.15, 0.2) is 41.3 Å². The van der Waals surface area contributed by atoms with E-state index in [1.54, 1.807) is 26.0 Å². The summed E-state index contributed by atoms with van der Waals surface area (Å²) in [7, 11) is -3.66. The van der Waals surface area contributed by atoms with E-state index in [1.807, 2.05) is 0 Å². The fourth-order valence-corrected chi connectivity index (χ4v) is 4.62. The van der Waals surface area contributed by atoms with E-state index in [0.717, 1.165) is 0 Å². The van der Waals surface area contributed by atoms with Gasteiger partial charge in [0, 0.05) is 13.1 Å². The number of hydrogen-bond donors (Lipinski definition) is 0. The Morgan fingerprint density at radius 2 is 1.93 bits per heavy atom. The third kappa shape index (κ3) is 4.09. The lowest BCUT2D eigenvalue weighted by atomic mass is 10.2. The number of halogens is 1. The number of nitrogens with zero attached hydrogens (tertiary/aromatic N) is 1. The van der Waals surface area contributed by atoms with E-state index in [1.165, 1.54) is 28.6 Å². The van der Waals surface area contributed by atoms with Gasteiger partial charge in [0.25, 0.3) is 0 Å². The Balaban J connectivity index is 1.74. The molecule has 1 aliphatic rings. The number of benzene rings is 2. The Labute approximate surface area is 168 Å². The minimum absolute atomic E-state index is 0.0395. The van der Waals surface area contributed by atoms with E-state index in [2.05, 4.69) is 0 Å². The molecular formula is C19H20ClNO6S. The number of sulfonamides is 1. The maximum Gasteiger partial charge on any atom is 0.338 e. The molecule has 0 fully saturated rings. The molecule has 2 aromatic rings. The zero-order valence-electron chi connectivity index (χ0n) is 15.5. The fourth-order valence-electron chi connectivity index (χ4n) is 2.83. The SMILES string of the molecule is CCN(CC)S(=O)(=O)c1cccc(C(=O)OCc2cc(Cl)c3c(c2)OCO3)c1. The third-order valence-electron chi connectivity index (χ3n) is 4.27. The zero-order valence-corrected chi connectivity index (χ0v) is 17.0. The molecule has 0 saturated heterocycles. The zero-order chi connectivity index (χ0) is 20.3. The molecule has 0 saturated carbocycles. The number of carbonyl (C=O) groups is 1. The highest BCUT2D eigenvalue weighted by atomic mass is 35.5. The van der Waals surface area contributed by atoms with Crippen LogP contribution in [0, 0.1) is 0 Å². The van der Waals surface area contributed by atoms with E-state index >= 15 is 0 Å². The van der Waals surface area contributed by atoms with Gasteiger partial charge in [0.15, 0.2) is 11.5 Å². The van der Waals surface area contributed by atoms with Crippen LogP contribution in [0.4, 0.5) is 0 Å². The van der Waals surface area contributed by atoms with Gasteiger partial charge in [-0.15, -0.1) is 0 Å². The van der Waals surface area contributed by atoms with Crippen molar-refractivity contribution in [2.45, 2.75) is 25.3 Å². The maximum absolute atomic E-state index is 12.6. The van der Waals surface area contributed by atoms with Crippen LogP contribution >= 0.6 is 11.6 Å². The molecule has 0 unspecified atom stereocenters. The van der Waals surface area contributed by atoms with Crippen molar-refractivity contribution in [1.82, 2.24) is 4.31 Å². The molecule has 9 heteroatoms. The molecule has 0 aromatic heterocycles. The first kappa shape index (κ1) is 20.4. The van der Waals surface area contributed by atoms with Crippen molar-refractivity contribution in [3.8, 4) is 11.5 Å². The van der Waals surface area contributed by atoms with Gasteiger partial charge in [-0.05, 0) is 35.9 Å². The van der Waals surface area contributed by atoms with Gasteiger partial charge >= 0.3 is 5.97 Å². The lowest BCUT2D eigenvalue weighted by molar-refractivity contribution is 0.0472. The molecule has 2 aromatic carbocycles. The van der Waals surface area contributed by atoms with E-state index in [0.29, 0.717) is 35.2 Å². The molecule has 0 amide bonds. The van der Waals surface area contributed by atoms with Gasteiger partial charge in [-0.2, -0.15) is 4.31 Å². The highest BCUT2D eigenvalue weighted by Crippen LogP contribution is 2.39. The largest absolute Gasteiger partial charge is 0.457 e. The summed E-state index contributed by atoms with van der Waals surface area (Å²) >= 11 is 6.12. The molecule has 0 bridgehead atoms. The van der Waals surface area contributed by atoms with Crippen molar-refractivity contribution in [2.75, 3.05) is 19.9 Å². The van der Waals surface area contributed by atoms with Crippen molar-refractivity contribution in [1.29, 1.82) is 0 Å². The maximum atomic E-state index is 12.6. The molecule has 3 rings (SSSR count). The fraction of sp³-hybridized carbons (Fsp3) is 0.316. The summed E-state index contributed by atoms with van der Waals surface area (Å²) in [5, 5.41) is 0.369. The molecule has 28 heavy (non-hydrogen) atoms. The van der Waals surface area contributed by atoms with E-state index in [9.17, 15) is 13.2 Å². The summed E-state index contributed by atoms with van der Waals surface area (Å²) in [6.07, 6.45) is 0. The van der Waals surface area contributed by atoms with Crippen LogP contribution in [-0.4, -0.2) is 38.6 Å². The molecule has 0 spiro atoms. The Morgan fingerprint density at radius 1 is 1.18 bits per heavy atom. The van der Waals surface area contributed by atoms with Crippen LogP contribution in [-0.2, 0) is 21.4 Å². The van der Waals surface area contributed by atoms with Crippen LogP contribution in [0.2, 0.25) is 5.02 Å². The van der Waals surface area contributed by atoms with Gasteiger partial charge in [-0.25, -0.2) is 13.2 Å². The third-order valence-corrected chi connectivity index (χ3v) is 6.60. The first-order chi connectivity index (χ1) is 13.4. The van der Waals surface area contributed by atoms with Crippen LogP contribution in [0.25, 0.3) is 0 Å². The molecule has 1 heterocycles. The first-order valence-electron chi connectivity index (χ1n) is 8.72. The summed E-state index contributed by atoms with van der Waals surface area (Å²) < 4.78 is 42.4. The second-order valence-corrected chi connectivity index (χ2v) is 8.35. The van der Waals surface area contributed by atoms with Crippen molar-refractivity contribution in [2.24, 2.45) is 0 Å². The van der Waals surface area contributed by atoms with Crippen LogP contribution in [0.1, 0.15) is 29.8 Å². The molecule has 150 valence electrons. The smallest absolute Gasteiger partial charge is 0.338 e. The second kappa shape index (κ2) is 8.38. The van der Waals surface area contributed by atoms with Crippen molar-refractivity contribution < 1.29 is 27.4 Å². The number of hydrogen-bond acceptors (Lipinski definition) is 6. The Kier molecular flexibility index (Phi) is 6.12. The highest BCUT2D eigenvalue weighted by molar-refractivity contribution is 7.89. The molecule has 7 nitrogen and oxygen atoms in total. The van der Waals surface area contributed by atoms with Crippen LogP contribution in [0.5, 0.6) is 11.5 Å². The molecule has 0 aliphatic carbocycles. The summed E-state index contributed by atoms with van der Waals surface area (Å²) in [6.45, 7) is 4.26.